The van der Waals surface area contributed by atoms with Crippen LogP contribution in [0.4, 0.5) is 0 Å². The van der Waals surface area contributed by atoms with Gasteiger partial charge in [-0.3, -0.25) is 9.80 Å². The molecule has 17 heavy (non-hydrogen) atoms. The Balaban J connectivity index is 1.68. The zero-order valence-electron chi connectivity index (χ0n) is 10.4. The maximum atomic E-state index is 6.09. The number of hydrogen-bond donors (Lipinski definition) is 0. The fourth-order valence-corrected chi connectivity index (χ4v) is 2.69. The standard InChI is InChI=1S/C12H22N2O3/c1-6-15-7-2-13-3-8-16-9-5-14-11-12(1,14)17-10-4-13/h1-11H2. The number of rotatable bonds is 0. The summed E-state index contributed by atoms with van der Waals surface area (Å²) in [7, 11) is 0. The van der Waals surface area contributed by atoms with Crippen LogP contribution in [0.25, 0.3) is 0 Å². The third-order valence-corrected chi connectivity index (χ3v) is 3.94. The van der Waals surface area contributed by atoms with E-state index < -0.39 is 0 Å². The molecule has 3 unspecified atom stereocenters. The van der Waals surface area contributed by atoms with Gasteiger partial charge < -0.3 is 14.2 Å². The van der Waals surface area contributed by atoms with Gasteiger partial charge in [-0.1, -0.05) is 0 Å². The molecule has 2 bridgehead atoms. The van der Waals surface area contributed by atoms with E-state index in [1.54, 1.807) is 0 Å². The molecule has 0 aliphatic carbocycles. The van der Waals surface area contributed by atoms with Crippen molar-refractivity contribution in [1.82, 2.24) is 9.80 Å². The fraction of sp³-hybridized carbons (Fsp3) is 1.00. The highest BCUT2D eigenvalue weighted by Crippen LogP contribution is 2.36. The van der Waals surface area contributed by atoms with Crippen LogP contribution < -0.4 is 0 Å². The van der Waals surface area contributed by atoms with Gasteiger partial charge >= 0.3 is 0 Å². The van der Waals surface area contributed by atoms with Gasteiger partial charge in [0.15, 0.2) is 0 Å². The maximum absolute atomic E-state index is 6.09. The Labute approximate surface area is 103 Å². The van der Waals surface area contributed by atoms with Crippen molar-refractivity contribution in [2.75, 3.05) is 65.8 Å². The summed E-state index contributed by atoms with van der Waals surface area (Å²) in [6, 6.07) is 0. The largest absolute Gasteiger partial charge is 0.380 e. The minimum atomic E-state index is -0.0310. The van der Waals surface area contributed by atoms with Crippen molar-refractivity contribution >= 4 is 0 Å². The van der Waals surface area contributed by atoms with E-state index in [9.17, 15) is 0 Å². The molecule has 0 amide bonds. The van der Waals surface area contributed by atoms with Crippen molar-refractivity contribution in [3.05, 3.63) is 0 Å². The smallest absolute Gasteiger partial charge is 0.137 e. The summed E-state index contributed by atoms with van der Waals surface area (Å²) < 4.78 is 17.4. The Morgan fingerprint density at radius 1 is 0.765 bits per heavy atom. The fourth-order valence-electron chi connectivity index (χ4n) is 2.69. The van der Waals surface area contributed by atoms with Gasteiger partial charge in [0.1, 0.15) is 5.72 Å². The average Bonchev–Trinajstić information content (AvgIpc) is 3.00. The summed E-state index contributed by atoms with van der Waals surface area (Å²) in [5.74, 6) is 0. The summed E-state index contributed by atoms with van der Waals surface area (Å²) in [6.07, 6.45) is 0.993. The average molecular weight is 242 g/mol. The zero-order chi connectivity index (χ0) is 11.6. The SMILES string of the molecule is C1CN2CCOCCC3(CN3CCO1)OCC2. The van der Waals surface area contributed by atoms with Gasteiger partial charge in [0.2, 0.25) is 0 Å². The molecule has 0 aromatic rings. The second-order valence-electron chi connectivity index (χ2n) is 5.03. The number of fused-ring (bicyclic) bond motifs is 3. The lowest BCUT2D eigenvalue weighted by atomic mass is 10.2. The molecule has 5 nitrogen and oxygen atoms in total. The highest BCUT2D eigenvalue weighted by atomic mass is 16.5. The molecule has 3 saturated heterocycles. The molecule has 3 heterocycles. The van der Waals surface area contributed by atoms with Crippen LogP contribution in [-0.2, 0) is 14.2 Å². The first kappa shape index (κ1) is 11.9. The van der Waals surface area contributed by atoms with Gasteiger partial charge in [-0.05, 0) is 0 Å². The second kappa shape index (κ2) is 5.20. The molecular weight excluding hydrogens is 220 g/mol. The molecule has 3 atom stereocenters. The monoisotopic (exact) mass is 242 g/mol. The van der Waals surface area contributed by atoms with Crippen LogP contribution in [0.3, 0.4) is 0 Å². The van der Waals surface area contributed by atoms with Crippen molar-refractivity contribution < 1.29 is 14.2 Å². The molecular formula is C12H22N2O3. The number of ether oxygens (including phenoxy) is 3. The lowest BCUT2D eigenvalue weighted by molar-refractivity contribution is -0.0484. The Morgan fingerprint density at radius 2 is 1.47 bits per heavy atom. The van der Waals surface area contributed by atoms with Gasteiger partial charge in [-0.15, -0.1) is 0 Å². The molecule has 0 radical (unpaired) electrons. The van der Waals surface area contributed by atoms with Gasteiger partial charge in [0, 0.05) is 39.1 Å². The first-order valence-corrected chi connectivity index (χ1v) is 6.66. The van der Waals surface area contributed by atoms with Crippen LogP contribution in [0.5, 0.6) is 0 Å². The quantitative estimate of drug-likeness (QED) is 0.548. The van der Waals surface area contributed by atoms with Crippen molar-refractivity contribution in [1.29, 1.82) is 0 Å². The third kappa shape index (κ3) is 2.80. The zero-order valence-corrected chi connectivity index (χ0v) is 10.4. The van der Waals surface area contributed by atoms with Crippen molar-refractivity contribution in [3.8, 4) is 0 Å². The minimum Gasteiger partial charge on any atom is -0.380 e. The second-order valence-corrected chi connectivity index (χ2v) is 5.03. The predicted molar refractivity (Wildman–Crippen MR) is 63.0 cm³/mol. The molecule has 3 aliphatic heterocycles. The van der Waals surface area contributed by atoms with Crippen LogP contribution >= 0.6 is 0 Å². The topological polar surface area (TPSA) is 33.9 Å². The molecule has 1 spiro atoms. The van der Waals surface area contributed by atoms with E-state index in [1.807, 2.05) is 0 Å². The Morgan fingerprint density at radius 3 is 2.35 bits per heavy atom. The van der Waals surface area contributed by atoms with Crippen molar-refractivity contribution in [3.63, 3.8) is 0 Å². The number of nitrogens with zero attached hydrogens (tertiary/aromatic N) is 2. The Hall–Kier alpha value is -0.200. The maximum Gasteiger partial charge on any atom is 0.137 e. The summed E-state index contributed by atoms with van der Waals surface area (Å²) in [6.45, 7) is 9.10. The van der Waals surface area contributed by atoms with Crippen LogP contribution in [0.2, 0.25) is 0 Å². The van der Waals surface area contributed by atoms with Crippen LogP contribution in [0.15, 0.2) is 0 Å². The summed E-state index contributed by atoms with van der Waals surface area (Å²) in [5.41, 5.74) is -0.0310. The highest BCUT2D eigenvalue weighted by molar-refractivity contribution is 4.99. The van der Waals surface area contributed by atoms with Gasteiger partial charge in [0.05, 0.1) is 33.0 Å². The number of hydrogen-bond acceptors (Lipinski definition) is 5. The molecule has 98 valence electrons. The minimum absolute atomic E-state index is 0.0310. The molecule has 0 aromatic heterocycles. The molecule has 3 fully saturated rings. The van der Waals surface area contributed by atoms with E-state index >= 15 is 0 Å². The molecule has 0 aromatic carbocycles. The molecule has 5 heteroatoms. The van der Waals surface area contributed by atoms with E-state index in [1.165, 1.54) is 0 Å². The molecule has 0 saturated carbocycles. The first-order chi connectivity index (χ1) is 8.39. The van der Waals surface area contributed by atoms with Crippen molar-refractivity contribution in [2.24, 2.45) is 0 Å². The van der Waals surface area contributed by atoms with E-state index in [4.69, 9.17) is 14.2 Å². The third-order valence-electron chi connectivity index (χ3n) is 3.94. The molecule has 3 aliphatic rings. The van der Waals surface area contributed by atoms with E-state index in [0.717, 1.165) is 72.2 Å². The van der Waals surface area contributed by atoms with E-state index in [2.05, 4.69) is 9.80 Å². The normalized spacial score (nSPS) is 43.8. The summed E-state index contributed by atoms with van der Waals surface area (Å²) in [4.78, 5) is 4.74. The first-order valence-electron chi connectivity index (χ1n) is 6.66. The lowest BCUT2D eigenvalue weighted by Gasteiger charge is -2.25. The molecule has 0 N–H and O–H groups in total. The van der Waals surface area contributed by atoms with Gasteiger partial charge in [-0.25, -0.2) is 0 Å². The summed E-state index contributed by atoms with van der Waals surface area (Å²) in [5, 5.41) is 0. The van der Waals surface area contributed by atoms with Crippen LogP contribution in [0.1, 0.15) is 6.42 Å². The van der Waals surface area contributed by atoms with Gasteiger partial charge in [0.25, 0.3) is 0 Å². The van der Waals surface area contributed by atoms with Gasteiger partial charge in [-0.2, -0.15) is 0 Å². The highest BCUT2D eigenvalue weighted by Gasteiger charge is 2.52. The van der Waals surface area contributed by atoms with Crippen LogP contribution in [-0.4, -0.2) is 81.3 Å². The Bertz CT molecular complexity index is 260. The van der Waals surface area contributed by atoms with E-state index in [0.29, 0.717) is 0 Å². The predicted octanol–water partition coefficient (Wildman–Crippen LogP) is -0.233. The molecule has 3 rings (SSSR count). The Kier molecular flexibility index (Phi) is 3.63. The lowest BCUT2D eigenvalue weighted by Crippen LogP contribution is -2.37. The van der Waals surface area contributed by atoms with Crippen molar-refractivity contribution in [2.45, 2.75) is 12.1 Å². The summed E-state index contributed by atoms with van der Waals surface area (Å²) >= 11 is 0. The van der Waals surface area contributed by atoms with E-state index in [-0.39, 0.29) is 5.72 Å². The van der Waals surface area contributed by atoms with Crippen LogP contribution in [0, 0.1) is 0 Å².